The monoisotopic (exact) mass is 477 g/mol. The van der Waals surface area contributed by atoms with Gasteiger partial charge in [0.25, 0.3) is 5.79 Å². The zero-order valence-electron chi connectivity index (χ0n) is 20.2. The minimum atomic E-state index is -1.35. The molecule has 10 heteroatoms. The van der Waals surface area contributed by atoms with Crippen molar-refractivity contribution in [1.82, 2.24) is 4.90 Å². The number of cyclic esters (lactones) is 2. The van der Waals surface area contributed by atoms with Gasteiger partial charge in [-0.1, -0.05) is 6.07 Å². The van der Waals surface area contributed by atoms with Crippen LogP contribution < -0.4 is 10.6 Å². The van der Waals surface area contributed by atoms with E-state index in [9.17, 15) is 18.8 Å². The second-order valence-electron chi connectivity index (χ2n) is 9.84. The number of benzene rings is 1. The summed E-state index contributed by atoms with van der Waals surface area (Å²) in [5.41, 5.74) is -0.327. The molecule has 0 unspecified atom stereocenters. The van der Waals surface area contributed by atoms with Crippen LogP contribution in [-0.2, 0) is 23.8 Å². The summed E-state index contributed by atoms with van der Waals surface area (Å²) >= 11 is 0. The van der Waals surface area contributed by atoms with Crippen molar-refractivity contribution in [2.45, 2.75) is 58.8 Å². The molecule has 3 rings (SSSR count). The van der Waals surface area contributed by atoms with Gasteiger partial charge in [0.15, 0.2) is 5.57 Å². The van der Waals surface area contributed by atoms with Gasteiger partial charge in [-0.2, -0.15) is 0 Å². The molecule has 1 aromatic rings. The van der Waals surface area contributed by atoms with E-state index in [4.69, 9.17) is 14.2 Å². The van der Waals surface area contributed by atoms with Crippen molar-refractivity contribution in [3.05, 3.63) is 35.8 Å². The van der Waals surface area contributed by atoms with Crippen LogP contribution in [-0.4, -0.2) is 54.0 Å². The molecular formula is C24H32FN3O6. The Bertz CT molecular complexity index is 955. The number of amides is 1. The molecular weight excluding hydrogens is 445 g/mol. The van der Waals surface area contributed by atoms with Crippen molar-refractivity contribution >= 4 is 29.4 Å². The smallest absolute Gasteiger partial charge is 0.410 e. The molecule has 9 nitrogen and oxygen atoms in total. The SMILES string of the molecule is CC(C)(C)OC(=O)N1CCC(CNc2cccc(F)c2NC=C2C(=O)OC(C)(C)OC2=O)CC1. The summed E-state index contributed by atoms with van der Waals surface area (Å²) in [5.74, 6) is -3.33. The van der Waals surface area contributed by atoms with Crippen LogP contribution in [0, 0.1) is 11.7 Å². The summed E-state index contributed by atoms with van der Waals surface area (Å²) in [4.78, 5) is 38.2. The van der Waals surface area contributed by atoms with Crippen molar-refractivity contribution < 1.29 is 33.0 Å². The van der Waals surface area contributed by atoms with Crippen molar-refractivity contribution in [3.63, 3.8) is 0 Å². The van der Waals surface area contributed by atoms with E-state index in [1.807, 2.05) is 20.8 Å². The predicted octanol–water partition coefficient (Wildman–Crippen LogP) is 4.02. The maximum Gasteiger partial charge on any atom is 0.410 e. The number of anilines is 2. The normalized spacial score (nSPS) is 18.6. The number of rotatable bonds is 5. The summed E-state index contributed by atoms with van der Waals surface area (Å²) < 4.78 is 30.1. The van der Waals surface area contributed by atoms with Gasteiger partial charge < -0.3 is 29.7 Å². The van der Waals surface area contributed by atoms with E-state index < -0.39 is 29.1 Å². The number of likely N-dealkylation sites (tertiary alicyclic amines) is 1. The first-order valence-electron chi connectivity index (χ1n) is 11.3. The lowest BCUT2D eigenvalue weighted by Crippen LogP contribution is -2.42. The van der Waals surface area contributed by atoms with Crippen molar-refractivity contribution in [3.8, 4) is 0 Å². The molecule has 1 aromatic carbocycles. The number of nitrogens with one attached hydrogen (secondary N) is 2. The maximum atomic E-state index is 14.5. The highest BCUT2D eigenvalue weighted by Gasteiger charge is 2.39. The Labute approximate surface area is 198 Å². The van der Waals surface area contributed by atoms with E-state index in [2.05, 4.69) is 10.6 Å². The molecule has 2 saturated heterocycles. The number of carbonyl (C=O) groups is 3. The Hall–Kier alpha value is -3.30. The minimum Gasteiger partial charge on any atom is -0.444 e. The Morgan fingerprint density at radius 3 is 2.41 bits per heavy atom. The number of nitrogens with zero attached hydrogens (tertiary/aromatic N) is 1. The molecule has 0 aromatic heterocycles. The van der Waals surface area contributed by atoms with E-state index >= 15 is 0 Å². The van der Waals surface area contributed by atoms with E-state index in [0.29, 0.717) is 25.3 Å². The zero-order valence-corrected chi connectivity index (χ0v) is 20.2. The first-order chi connectivity index (χ1) is 15.8. The molecule has 1 amide bonds. The standard InChI is InChI=1S/C24H32FN3O6/c1-23(2,3)34-22(31)28-11-9-15(10-12-28)13-26-18-8-6-7-17(25)19(18)27-14-16-20(29)32-24(4,5)33-21(16)30/h6-8,14-15,26-27H,9-13H2,1-5H3. The van der Waals surface area contributed by atoms with E-state index in [-0.39, 0.29) is 23.3 Å². The number of ether oxygens (including phenoxy) is 3. The molecule has 0 spiro atoms. The third kappa shape index (κ3) is 6.61. The predicted molar refractivity (Wildman–Crippen MR) is 123 cm³/mol. The Morgan fingerprint density at radius 2 is 1.82 bits per heavy atom. The van der Waals surface area contributed by atoms with E-state index in [1.165, 1.54) is 19.9 Å². The van der Waals surface area contributed by atoms with Crippen LogP contribution in [0.1, 0.15) is 47.5 Å². The average molecular weight is 478 g/mol. The van der Waals surface area contributed by atoms with Gasteiger partial charge in [-0.25, -0.2) is 18.8 Å². The lowest BCUT2D eigenvalue weighted by molar-refractivity contribution is -0.222. The lowest BCUT2D eigenvalue weighted by Gasteiger charge is -2.33. The Morgan fingerprint density at radius 1 is 1.21 bits per heavy atom. The van der Waals surface area contributed by atoms with Gasteiger partial charge >= 0.3 is 18.0 Å². The van der Waals surface area contributed by atoms with Gasteiger partial charge in [-0.05, 0) is 51.7 Å². The highest BCUT2D eigenvalue weighted by Crippen LogP contribution is 2.28. The highest BCUT2D eigenvalue weighted by molar-refractivity contribution is 6.15. The quantitative estimate of drug-likeness (QED) is 0.372. The van der Waals surface area contributed by atoms with Crippen molar-refractivity contribution in [2.24, 2.45) is 5.92 Å². The number of hydrogen-bond acceptors (Lipinski definition) is 8. The third-order valence-electron chi connectivity index (χ3n) is 5.34. The summed E-state index contributed by atoms with van der Waals surface area (Å²) in [7, 11) is 0. The van der Waals surface area contributed by atoms with E-state index in [1.54, 1.807) is 17.0 Å². The molecule has 0 radical (unpaired) electrons. The number of hydrogen-bond donors (Lipinski definition) is 2. The molecule has 34 heavy (non-hydrogen) atoms. The summed E-state index contributed by atoms with van der Waals surface area (Å²) in [6, 6.07) is 4.53. The van der Waals surface area contributed by atoms with Gasteiger partial charge in [0.1, 0.15) is 11.4 Å². The van der Waals surface area contributed by atoms with Crippen LogP contribution in [0.3, 0.4) is 0 Å². The second kappa shape index (κ2) is 9.90. The van der Waals surface area contributed by atoms with Gasteiger partial charge in [-0.3, -0.25) is 0 Å². The van der Waals surface area contributed by atoms with Gasteiger partial charge in [0, 0.05) is 39.7 Å². The van der Waals surface area contributed by atoms with Crippen molar-refractivity contribution in [1.29, 1.82) is 0 Å². The maximum absolute atomic E-state index is 14.5. The fourth-order valence-corrected chi connectivity index (χ4v) is 3.64. The summed E-state index contributed by atoms with van der Waals surface area (Å²) in [6.07, 6.45) is 2.33. The van der Waals surface area contributed by atoms with Gasteiger partial charge in [-0.15, -0.1) is 0 Å². The van der Waals surface area contributed by atoms with Gasteiger partial charge in [0.2, 0.25) is 0 Å². The molecule has 0 saturated carbocycles. The molecule has 2 aliphatic rings. The number of halogens is 1. The largest absolute Gasteiger partial charge is 0.444 e. The third-order valence-corrected chi connectivity index (χ3v) is 5.34. The highest BCUT2D eigenvalue weighted by atomic mass is 19.1. The molecule has 2 fully saturated rings. The molecule has 2 N–H and O–H groups in total. The van der Waals surface area contributed by atoms with E-state index in [0.717, 1.165) is 19.0 Å². The molecule has 0 atom stereocenters. The molecule has 0 aliphatic carbocycles. The Kier molecular flexibility index (Phi) is 7.38. The minimum absolute atomic E-state index is 0.0895. The summed E-state index contributed by atoms with van der Waals surface area (Å²) in [5, 5.41) is 5.93. The van der Waals surface area contributed by atoms with Crippen LogP contribution in [0.15, 0.2) is 30.0 Å². The fourth-order valence-electron chi connectivity index (χ4n) is 3.64. The number of piperidine rings is 1. The average Bonchev–Trinajstić information content (AvgIpc) is 2.71. The lowest BCUT2D eigenvalue weighted by atomic mass is 9.97. The molecule has 2 aliphatic heterocycles. The van der Waals surface area contributed by atoms with Crippen LogP contribution in [0.2, 0.25) is 0 Å². The van der Waals surface area contributed by atoms with Gasteiger partial charge in [0.05, 0.1) is 11.4 Å². The van der Waals surface area contributed by atoms with Crippen molar-refractivity contribution in [2.75, 3.05) is 30.3 Å². The van der Waals surface area contributed by atoms with Crippen LogP contribution >= 0.6 is 0 Å². The topological polar surface area (TPSA) is 106 Å². The number of carbonyl (C=O) groups excluding carboxylic acids is 3. The Balaban J connectivity index is 1.59. The van der Waals surface area contributed by atoms with Crippen LogP contribution in [0.4, 0.5) is 20.6 Å². The molecule has 0 bridgehead atoms. The number of para-hydroxylation sites is 1. The first-order valence-corrected chi connectivity index (χ1v) is 11.3. The second-order valence-corrected chi connectivity index (χ2v) is 9.84. The molecule has 186 valence electrons. The van der Waals surface area contributed by atoms with Crippen LogP contribution in [0.5, 0.6) is 0 Å². The zero-order chi connectivity index (χ0) is 25.1. The van der Waals surface area contributed by atoms with Crippen LogP contribution in [0.25, 0.3) is 0 Å². The fraction of sp³-hybridized carbons (Fsp3) is 0.542. The molecule has 2 heterocycles. The first kappa shape index (κ1) is 25.3. The summed E-state index contributed by atoms with van der Waals surface area (Å²) in [6.45, 7) is 10.1. The number of esters is 2.